The van der Waals surface area contributed by atoms with E-state index in [1.807, 2.05) is 66.7 Å². The van der Waals surface area contributed by atoms with E-state index in [4.69, 9.17) is 0 Å². The molecule has 0 aromatic heterocycles. The highest BCUT2D eigenvalue weighted by atomic mass is 16.3. The number of hydrogen-bond donors (Lipinski definition) is 3. The molecule has 0 bridgehead atoms. The normalized spacial score (nSPS) is 19.5. The molecule has 3 atom stereocenters. The molecule has 1 aliphatic rings. The van der Waals surface area contributed by atoms with Crippen LogP contribution in [0.1, 0.15) is 36.1 Å². The Morgan fingerprint density at radius 3 is 2.32 bits per heavy atom. The maximum absolute atomic E-state index is 12.1. The Balaban J connectivity index is 1.42. The molecular weight excluding hydrogens is 350 g/mol. The number of amides is 1. The van der Waals surface area contributed by atoms with Gasteiger partial charge < -0.3 is 15.5 Å². The largest absolute Gasteiger partial charge is 0.508 e. The third-order valence-corrected chi connectivity index (χ3v) is 5.42. The fourth-order valence-corrected chi connectivity index (χ4v) is 3.78. The standard InChI is InChI=1S/C24H23NO3/c26-20-8-4-7-19(15-20)16-9-11-18(12-10-16)23-21(24(28)25-23)13-14-22(27)17-5-2-1-3-6-17/h1-12,15,21-23,26-27H,13-14H2,(H,25,28)/t21-,22+,23-/m1/s1. The lowest BCUT2D eigenvalue weighted by Gasteiger charge is -2.37. The highest BCUT2D eigenvalue weighted by Crippen LogP contribution is 2.36. The highest BCUT2D eigenvalue weighted by molar-refractivity contribution is 5.86. The molecule has 1 fully saturated rings. The summed E-state index contributed by atoms with van der Waals surface area (Å²) < 4.78 is 0. The third kappa shape index (κ3) is 3.78. The zero-order chi connectivity index (χ0) is 19.5. The zero-order valence-corrected chi connectivity index (χ0v) is 15.5. The Morgan fingerprint density at radius 1 is 0.893 bits per heavy atom. The molecule has 4 heteroatoms. The van der Waals surface area contributed by atoms with E-state index < -0.39 is 6.10 Å². The lowest BCUT2D eigenvalue weighted by Crippen LogP contribution is -2.51. The first-order valence-corrected chi connectivity index (χ1v) is 9.54. The van der Waals surface area contributed by atoms with Crippen molar-refractivity contribution >= 4 is 5.91 Å². The van der Waals surface area contributed by atoms with Crippen LogP contribution in [0.15, 0.2) is 78.9 Å². The lowest BCUT2D eigenvalue weighted by atomic mass is 9.80. The summed E-state index contributed by atoms with van der Waals surface area (Å²) in [6.07, 6.45) is 0.643. The SMILES string of the molecule is O=C1N[C@H](c2ccc(-c3cccc(O)c3)cc2)[C@H]1CC[C@H](O)c1ccccc1. The summed E-state index contributed by atoms with van der Waals surface area (Å²) in [6.45, 7) is 0. The Bertz CT molecular complexity index is 953. The van der Waals surface area contributed by atoms with E-state index in [1.54, 1.807) is 12.1 Å². The van der Waals surface area contributed by atoms with Gasteiger partial charge in [-0.05, 0) is 47.2 Å². The van der Waals surface area contributed by atoms with Gasteiger partial charge in [0, 0.05) is 0 Å². The number of hydrogen-bond acceptors (Lipinski definition) is 3. The second-order valence-corrected chi connectivity index (χ2v) is 7.27. The molecule has 3 aromatic rings. The summed E-state index contributed by atoms with van der Waals surface area (Å²) in [7, 11) is 0. The first-order valence-electron chi connectivity index (χ1n) is 9.54. The number of aromatic hydroxyl groups is 1. The van der Waals surface area contributed by atoms with Crippen molar-refractivity contribution in [1.29, 1.82) is 0 Å². The number of benzene rings is 3. The number of phenolic OH excluding ortho intramolecular Hbond substituents is 1. The average molecular weight is 373 g/mol. The van der Waals surface area contributed by atoms with Crippen molar-refractivity contribution in [3.05, 3.63) is 90.0 Å². The number of phenols is 1. The van der Waals surface area contributed by atoms with E-state index in [-0.39, 0.29) is 23.6 Å². The van der Waals surface area contributed by atoms with Crippen LogP contribution in [0.25, 0.3) is 11.1 Å². The van der Waals surface area contributed by atoms with Gasteiger partial charge in [0.15, 0.2) is 0 Å². The van der Waals surface area contributed by atoms with Crippen LogP contribution in [0.5, 0.6) is 5.75 Å². The first kappa shape index (κ1) is 18.3. The molecule has 3 N–H and O–H groups in total. The van der Waals surface area contributed by atoms with E-state index in [0.29, 0.717) is 12.8 Å². The summed E-state index contributed by atoms with van der Waals surface area (Å²) in [6, 6.07) is 24.7. The zero-order valence-electron chi connectivity index (χ0n) is 15.5. The van der Waals surface area contributed by atoms with Gasteiger partial charge in [0.25, 0.3) is 0 Å². The molecule has 1 amide bonds. The van der Waals surface area contributed by atoms with Crippen LogP contribution >= 0.6 is 0 Å². The summed E-state index contributed by atoms with van der Waals surface area (Å²) in [4.78, 5) is 12.1. The van der Waals surface area contributed by atoms with Gasteiger partial charge in [0.05, 0.1) is 18.1 Å². The van der Waals surface area contributed by atoms with E-state index in [1.165, 1.54) is 0 Å². The van der Waals surface area contributed by atoms with Crippen molar-refractivity contribution in [1.82, 2.24) is 5.32 Å². The minimum Gasteiger partial charge on any atom is -0.508 e. The predicted molar refractivity (Wildman–Crippen MR) is 109 cm³/mol. The monoisotopic (exact) mass is 373 g/mol. The van der Waals surface area contributed by atoms with Gasteiger partial charge in [-0.25, -0.2) is 0 Å². The molecule has 1 aliphatic heterocycles. The Morgan fingerprint density at radius 2 is 1.64 bits per heavy atom. The first-order chi connectivity index (χ1) is 13.6. The van der Waals surface area contributed by atoms with Gasteiger partial charge in [0.2, 0.25) is 5.91 Å². The highest BCUT2D eigenvalue weighted by Gasteiger charge is 2.39. The van der Waals surface area contributed by atoms with Crippen LogP contribution in [0, 0.1) is 5.92 Å². The van der Waals surface area contributed by atoms with Gasteiger partial charge in [-0.15, -0.1) is 0 Å². The van der Waals surface area contributed by atoms with E-state index in [0.717, 1.165) is 22.3 Å². The van der Waals surface area contributed by atoms with Crippen molar-refractivity contribution in [3.63, 3.8) is 0 Å². The quantitative estimate of drug-likeness (QED) is 0.562. The van der Waals surface area contributed by atoms with Crippen molar-refractivity contribution in [2.45, 2.75) is 25.0 Å². The van der Waals surface area contributed by atoms with Crippen LogP contribution in [-0.4, -0.2) is 16.1 Å². The van der Waals surface area contributed by atoms with Crippen molar-refractivity contribution in [2.75, 3.05) is 0 Å². The van der Waals surface area contributed by atoms with Gasteiger partial charge in [0.1, 0.15) is 5.75 Å². The molecule has 0 radical (unpaired) electrons. The number of carbonyl (C=O) groups is 1. The van der Waals surface area contributed by atoms with Gasteiger partial charge in [-0.1, -0.05) is 66.7 Å². The van der Waals surface area contributed by atoms with Crippen LogP contribution in [0.4, 0.5) is 0 Å². The summed E-state index contributed by atoms with van der Waals surface area (Å²) >= 11 is 0. The summed E-state index contributed by atoms with van der Waals surface area (Å²) in [5, 5.41) is 23.0. The van der Waals surface area contributed by atoms with Crippen molar-refractivity contribution < 1.29 is 15.0 Å². The molecule has 0 aliphatic carbocycles. The Labute approximate surface area is 164 Å². The maximum Gasteiger partial charge on any atom is 0.226 e. The lowest BCUT2D eigenvalue weighted by molar-refractivity contribution is -0.135. The second-order valence-electron chi connectivity index (χ2n) is 7.27. The minimum absolute atomic E-state index is 0.0197. The fraction of sp³-hybridized carbons (Fsp3) is 0.208. The molecule has 4 rings (SSSR count). The number of β-lactam (4-membered cyclic amide) rings is 1. The number of rotatable bonds is 6. The molecule has 142 valence electrons. The van der Waals surface area contributed by atoms with Crippen LogP contribution in [-0.2, 0) is 4.79 Å². The maximum atomic E-state index is 12.1. The van der Waals surface area contributed by atoms with Crippen LogP contribution < -0.4 is 5.32 Å². The Kier molecular flexibility index (Phi) is 5.13. The molecule has 0 saturated carbocycles. The number of carbonyl (C=O) groups excluding carboxylic acids is 1. The smallest absolute Gasteiger partial charge is 0.226 e. The van der Waals surface area contributed by atoms with Crippen LogP contribution in [0.3, 0.4) is 0 Å². The predicted octanol–water partition coefficient (Wildman–Crippen LogP) is 4.36. The van der Waals surface area contributed by atoms with Crippen LogP contribution in [0.2, 0.25) is 0 Å². The minimum atomic E-state index is -0.552. The number of aliphatic hydroxyl groups is 1. The average Bonchev–Trinajstić information content (AvgIpc) is 2.72. The van der Waals surface area contributed by atoms with E-state index in [2.05, 4.69) is 5.32 Å². The molecule has 1 saturated heterocycles. The molecule has 3 aromatic carbocycles. The summed E-state index contributed by atoms with van der Waals surface area (Å²) in [5.74, 6) is 0.164. The molecule has 0 unspecified atom stereocenters. The van der Waals surface area contributed by atoms with Crippen molar-refractivity contribution in [2.24, 2.45) is 5.92 Å². The molecule has 1 heterocycles. The number of aliphatic hydroxyl groups excluding tert-OH is 1. The van der Waals surface area contributed by atoms with Crippen molar-refractivity contribution in [3.8, 4) is 16.9 Å². The Hall–Kier alpha value is -3.11. The molecule has 0 spiro atoms. The van der Waals surface area contributed by atoms with Gasteiger partial charge >= 0.3 is 0 Å². The van der Waals surface area contributed by atoms with Gasteiger partial charge in [-0.2, -0.15) is 0 Å². The van der Waals surface area contributed by atoms with E-state index >= 15 is 0 Å². The molecular formula is C24H23NO3. The van der Waals surface area contributed by atoms with Gasteiger partial charge in [-0.3, -0.25) is 4.79 Å². The molecule has 28 heavy (non-hydrogen) atoms. The molecule has 4 nitrogen and oxygen atoms in total. The third-order valence-electron chi connectivity index (χ3n) is 5.42. The second kappa shape index (κ2) is 7.87. The summed E-state index contributed by atoms with van der Waals surface area (Å²) in [5.41, 5.74) is 3.91. The topological polar surface area (TPSA) is 69.6 Å². The van der Waals surface area contributed by atoms with E-state index in [9.17, 15) is 15.0 Å². The fourth-order valence-electron chi connectivity index (χ4n) is 3.78. The number of nitrogens with one attached hydrogen (secondary N) is 1.